The van der Waals surface area contributed by atoms with E-state index in [4.69, 9.17) is 0 Å². The molecule has 0 bridgehead atoms. The van der Waals surface area contributed by atoms with Crippen LogP contribution in [0.3, 0.4) is 0 Å². The molecule has 0 radical (unpaired) electrons. The first-order valence-corrected chi connectivity index (χ1v) is 4.97. The first kappa shape index (κ1) is 12.9. The van der Waals surface area contributed by atoms with Crippen LogP contribution >= 0.6 is 0 Å². The maximum atomic E-state index is 11.3. The molecule has 0 fully saturated rings. The molecule has 1 aromatic rings. The molecule has 0 aromatic heterocycles. The standard InChI is InChI=1S/C12H13NO4/c1-8-6-10(7-9(2)13(15)16)4-5-11(8)12(14)17-3/h4-7H,1-3H3/b9-7-. The largest absolute Gasteiger partial charge is 0.465 e. The molecular weight excluding hydrogens is 222 g/mol. The summed E-state index contributed by atoms with van der Waals surface area (Å²) >= 11 is 0. The fourth-order valence-electron chi connectivity index (χ4n) is 1.41. The summed E-state index contributed by atoms with van der Waals surface area (Å²) in [5.74, 6) is -0.413. The molecule has 0 atom stereocenters. The Morgan fingerprint density at radius 3 is 2.59 bits per heavy atom. The van der Waals surface area contributed by atoms with Crippen LogP contribution in [-0.2, 0) is 4.74 Å². The number of methoxy groups -OCH3 is 1. The van der Waals surface area contributed by atoms with Gasteiger partial charge in [-0.1, -0.05) is 12.1 Å². The van der Waals surface area contributed by atoms with E-state index < -0.39 is 10.9 Å². The number of hydrogen-bond acceptors (Lipinski definition) is 4. The lowest BCUT2D eigenvalue weighted by molar-refractivity contribution is -0.422. The molecule has 0 saturated heterocycles. The highest BCUT2D eigenvalue weighted by Gasteiger charge is 2.09. The minimum atomic E-state index is -0.455. The monoisotopic (exact) mass is 235 g/mol. The Hall–Kier alpha value is -2.17. The Bertz CT molecular complexity index is 491. The van der Waals surface area contributed by atoms with Gasteiger partial charge in [-0.15, -0.1) is 0 Å². The fraction of sp³-hybridized carbons (Fsp3) is 0.250. The summed E-state index contributed by atoms with van der Waals surface area (Å²) in [6, 6.07) is 4.95. The molecule has 1 aromatic carbocycles. The summed E-state index contributed by atoms with van der Waals surface area (Å²) in [7, 11) is 1.31. The van der Waals surface area contributed by atoms with E-state index >= 15 is 0 Å². The van der Waals surface area contributed by atoms with Gasteiger partial charge in [0.15, 0.2) is 0 Å². The van der Waals surface area contributed by atoms with Crippen LogP contribution in [0.1, 0.15) is 28.4 Å². The number of nitro groups is 1. The van der Waals surface area contributed by atoms with Crippen molar-refractivity contribution in [3.63, 3.8) is 0 Å². The number of nitrogens with zero attached hydrogens (tertiary/aromatic N) is 1. The van der Waals surface area contributed by atoms with Crippen molar-refractivity contribution in [3.8, 4) is 0 Å². The maximum absolute atomic E-state index is 11.3. The van der Waals surface area contributed by atoms with Crippen molar-refractivity contribution in [2.24, 2.45) is 0 Å². The SMILES string of the molecule is COC(=O)c1ccc(/C=C(/C)[N+](=O)[O-])cc1C. The van der Waals surface area contributed by atoms with Crippen LogP contribution in [0.25, 0.3) is 6.08 Å². The van der Waals surface area contributed by atoms with Crippen LogP contribution in [-0.4, -0.2) is 18.0 Å². The highest BCUT2D eigenvalue weighted by atomic mass is 16.6. The van der Waals surface area contributed by atoms with Gasteiger partial charge in [-0.05, 0) is 24.1 Å². The van der Waals surface area contributed by atoms with Crippen molar-refractivity contribution in [1.82, 2.24) is 0 Å². The molecular formula is C12H13NO4. The minimum Gasteiger partial charge on any atom is -0.465 e. The Morgan fingerprint density at radius 2 is 2.12 bits per heavy atom. The Balaban J connectivity index is 3.09. The van der Waals surface area contributed by atoms with Gasteiger partial charge in [0.05, 0.1) is 17.6 Å². The number of esters is 1. The Morgan fingerprint density at radius 1 is 1.47 bits per heavy atom. The number of carbonyl (C=O) groups excluding carboxylic acids is 1. The molecule has 0 aliphatic rings. The van der Waals surface area contributed by atoms with E-state index in [1.54, 1.807) is 25.1 Å². The van der Waals surface area contributed by atoms with E-state index in [1.165, 1.54) is 20.1 Å². The zero-order valence-corrected chi connectivity index (χ0v) is 9.89. The summed E-state index contributed by atoms with van der Waals surface area (Å²) in [5.41, 5.74) is 1.92. The molecule has 90 valence electrons. The third-order valence-corrected chi connectivity index (χ3v) is 2.32. The highest BCUT2D eigenvalue weighted by Crippen LogP contribution is 2.15. The number of hydrogen-bond donors (Lipinski definition) is 0. The second-order valence-corrected chi connectivity index (χ2v) is 3.61. The van der Waals surface area contributed by atoms with E-state index in [9.17, 15) is 14.9 Å². The number of ether oxygens (including phenoxy) is 1. The highest BCUT2D eigenvalue weighted by molar-refractivity contribution is 5.91. The molecule has 17 heavy (non-hydrogen) atoms. The molecule has 0 spiro atoms. The summed E-state index contributed by atoms with van der Waals surface area (Å²) < 4.78 is 4.61. The van der Waals surface area contributed by atoms with E-state index in [2.05, 4.69) is 4.74 Å². The van der Waals surface area contributed by atoms with Gasteiger partial charge < -0.3 is 4.74 Å². The summed E-state index contributed by atoms with van der Waals surface area (Å²) in [6.45, 7) is 3.18. The molecule has 1 rings (SSSR count). The van der Waals surface area contributed by atoms with Crippen molar-refractivity contribution in [2.75, 3.05) is 7.11 Å². The maximum Gasteiger partial charge on any atom is 0.338 e. The number of carbonyl (C=O) groups is 1. The second-order valence-electron chi connectivity index (χ2n) is 3.61. The van der Waals surface area contributed by atoms with Crippen molar-refractivity contribution in [2.45, 2.75) is 13.8 Å². The van der Waals surface area contributed by atoms with Gasteiger partial charge in [0.1, 0.15) is 0 Å². The lowest BCUT2D eigenvalue weighted by Crippen LogP contribution is -2.03. The quantitative estimate of drug-likeness (QED) is 0.458. The second kappa shape index (κ2) is 5.25. The molecule has 0 unspecified atom stereocenters. The third kappa shape index (κ3) is 3.14. The van der Waals surface area contributed by atoms with Crippen LogP contribution in [0.2, 0.25) is 0 Å². The molecule has 0 saturated carbocycles. The molecule has 5 heteroatoms. The van der Waals surface area contributed by atoms with Crippen LogP contribution in [0.15, 0.2) is 23.9 Å². The molecule has 0 aliphatic heterocycles. The van der Waals surface area contributed by atoms with Crippen molar-refractivity contribution in [3.05, 3.63) is 50.7 Å². The first-order valence-electron chi connectivity index (χ1n) is 4.97. The first-order chi connectivity index (χ1) is 7.95. The number of benzene rings is 1. The Labute approximate surface area is 98.9 Å². The zero-order chi connectivity index (χ0) is 13.0. The fourth-order valence-corrected chi connectivity index (χ4v) is 1.41. The summed E-state index contributed by atoms with van der Waals surface area (Å²) in [6.07, 6.45) is 1.45. The minimum absolute atomic E-state index is 0.0511. The molecule has 5 nitrogen and oxygen atoms in total. The summed E-state index contributed by atoms with van der Waals surface area (Å²) in [4.78, 5) is 21.3. The van der Waals surface area contributed by atoms with Gasteiger partial charge >= 0.3 is 5.97 Å². The molecule has 0 heterocycles. The van der Waals surface area contributed by atoms with Gasteiger partial charge in [-0.3, -0.25) is 10.1 Å². The average Bonchev–Trinajstić information content (AvgIpc) is 2.28. The van der Waals surface area contributed by atoms with Crippen molar-refractivity contribution in [1.29, 1.82) is 0 Å². The molecule has 0 aliphatic carbocycles. The van der Waals surface area contributed by atoms with E-state index in [-0.39, 0.29) is 5.70 Å². The Kier molecular flexibility index (Phi) is 3.98. The number of aryl methyl sites for hydroxylation is 1. The van der Waals surface area contributed by atoms with E-state index in [0.717, 1.165) is 5.56 Å². The van der Waals surface area contributed by atoms with Crippen molar-refractivity contribution >= 4 is 12.0 Å². The molecule has 0 N–H and O–H groups in total. The number of rotatable bonds is 3. The van der Waals surface area contributed by atoms with E-state index in [0.29, 0.717) is 11.1 Å². The average molecular weight is 235 g/mol. The van der Waals surface area contributed by atoms with Gasteiger partial charge in [0, 0.05) is 13.0 Å². The lowest BCUT2D eigenvalue weighted by atomic mass is 10.0. The predicted molar refractivity (Wildman–Crippen MR) is 63.2 cm³/mol. The molecule has 0 amide bonds. The lowest BCUT2D eigenvalue weighted by Gasteiger charge is -2.04. The van der Waals surface area contributed by atoms with Gasteiger partial charge in [-0.25, -0.2) is 4.79 Å². The predicted octanol–water partition coefficient (Wildman–Crippen LogP) is 2.42. The van der Waals surface area contributed by atoms with Crippen LogP contribution in [0, 0.1) is 17.0 Å². The van der Waals surface area contributed by atoms with Gasteiger partial charge in [-0.2, -0.15) is 0 Å². The van der Waals surface area contributed by atoms with Gasteiger partial charge in [0.2, 0.25) is 5.70 Å². The van der Waals surface area contributed by atoms with Crippen molar-refractivity contribution < 1.29 is 14.5 Å². The van der Waals surface area contributed by atoms with Crippen LogP contribution in [0.5, 0.6) is 0 Å². The third-order valence-electron chi connectivity index (χ3n) is 2.32. The number of allylic oxidation sites excluding steroid dienone is 1. The normalized spacial score (nSPS) is 11.1. The van der Waals surface area contributed by atoms with Crippen LogP contribution in [0.4, 0.5) is 0 Å². The van der Waals surface area contributed by atoms with Crippen LogP contribution < -0.4 is 0 Å². The topological polar surface area (TPSA) is 69.4 Å². The zero-order valence-electron chi connectivity index (χ0n) is 9.89. The summed E-state index contributed by atoms with van der Waals surface area (Å²) in [5, 5.41) is 10.5. The van der Waals surface area contributed by atoms with E-state index in [1.807, 2.05) is 0 Å². The smallest absolute Gasteiger partial charge is 0.338 e. The van der Waals surface area contributed by atoms with Gasteiger partial charge in [0.25, 0.3) is 0 Å².